The van der Waals surface area contributed by atoms with Crippen molar-refractivity contribution in [2.45, 2.75) is 33.2 Å². The Kier molecular flexibility index (Phi) is 5.07. The summed E-state index contributed by atoms with van der Waals surface area (Å²) >= 11 is 0. The summed E-state index contributed by atoms with van der Waals surface area (Å²) < 4.78 is 2.22. The van der Waals surface area contributed by atoms with Crippen molar-refractivity contribution in [3.8, 4) is 0 Å². The third-order valence-corrected chi connectivity index (χ3v) is 5.35. The lowest BCUT2D eigenvalue weighted by molar-refractivity contribution is 0.217. The lowest BCUT2D eigenvalue weighted by Crippen LogP contribution is -2.35. The Morgan fingerprint density at radius 1 is 1.15 bits per heavy atom. The standard InChI is InChI=1S/C21H28N6/c1-15-23-18(14-27-16(2)25-19-8-4-5-9-20(19)27)11-21(24-15)22-12-17-7-6-10-26(3)13-17/h4-5,8-9,11,17H,6-7,10,12-14H2,1-3H3,(H,22,23,24)/t17-/m1/s1. The lowest BCUT2D eigenvalue weighted by Gasteiger charge is -2.29. The third kappa shape index (κ3) is 4.11. The van der Waals surface area contributed by atoms with Crippen LogP contribution < -0.4 is 5.32 Å². The summed E-state index contributed by atoms with van der Waals surface area (Å²) in [5.41, 5.74) is 3.18. The van der Waals surface area contributed by atoms with Crippen LogP contribution >= 0.6 is 0 Å². The van der Waals surface area contributed by atoms with Crippen molar-refractivity contribution in [1.82, 2.24) is 24.4 Å². The van der Waals surface area contributed by atoms with Gasteiger partial charge in [0.15, 0.2) is 0 Å². The number of nitrogens with zero attached hydrogens (tertiary/aromatic N) is 5. The molecular formula is C21H28N6. The van der Waals surface area contributed by atoms with Gasteiger partial charge in [0.2, 0.25) is 0 Å². The Labute approximate surface area is 160 Å². The van der Waals surface area contributed by atoms with Crippen LogP contribution in [0.4, 0.5) is 5.82 Å². The molecule has 0 bridgehead atoms. The molecule has 1 N–H and O–H groups in total. The molecule has 0 unspecified atom stereocenters. The van der Waals surface area contributed by atoms with E-state index in [1.807, 2.05) is 19.9 Å². The van der Waals surface area contributed by atoms with Crippen molar-refractivity contribution >= 4 is 16.9 Å². The van der Waals surface area contributed by atoms with Gasteiger partial charge in [0, 0.05) is 19.2 Å². The van der Waals surface area contributed by atoms with Gasteiger partial charge < -0.3 is 14.8 Å². The van der Waals surface area contributed by atoms with Crippen LogP contribution in [0.3, 0.4) is 0 Å². The molecule has 0 aliphatic carbocycles. The molecule has 4 rings (SSSR count). The van der Waals surface area contributed by atoms with Gasteiger partial charge >= 0.3 is 0 Å². The Balaban J connectivity index is 1.51. The molecule has 0 saturated carbocycles. The quantitative estimate of drug-likeness (QED) is 0.753. The zero-order valence-electron chi connectivity index (χ0n) is 16.4. The van der Waals surface area contributed by atoms with E-state index < -0.39 is 0 Å². The lowest BCUT2D eigenvalue weighted by atomic mass is 9.98. The van der Waals surface area contributed by atoms with Gasteiger partial charge in [0.1, 0.15) is 17.5 Å². The highest BCUT2D eigenvalue weighted by Gasteiger charge is 2.17. The normalized spacial score (nSPS) is 18.1. The van der Waals surface area contributed by atoms with E-state index in [1.54, 1.807) is 0 Å². The van der Waals surface area contributed by atoms with E-state index in [-0.39, 0.29) is 0 Å². The minimum Gasteiger partial charge on any atom is -0.370 e. The fourth-order valence-electron chi connectivity index (χ4n) is 4.05. The fraction of sp³-hybridized carbons (Fsp3) is 0.476. The maximum atomic E-state index is 4.66. The summed E-state index contributed by atoms with van der Waals surface area (Å²) in [5.74, 6) is 3.42. The van der Waals surface area contributed by atoms with E-state index in [4.69, 9.17) is 0 Å². The Bertz CT molecular complexity index is 932. The third-order valence-electron chi connectivity index (χ3n) is 5.35. The SMILES string of the molecule is Cc1nc(Cn2c(C)nc3ccccc32)cc(NC[C@H]2CCCN(C)C2)n1. The summed E-state index contributed by atoms with van der Waals surface area (Å²) in [7, 11) is 2.21. The molecule has 1 saturated heterocycles. The van der Waals surface area contributed by atoms with E-state index in [9.17, 15) is 0 Å². The predicted molar refractivity (Wildman–Crippen MR) is 109 cm³/mol. The molecule has 3 heterocycles. The first-order chi connectivity index (χ1) is 13.1. The molecule has 27 heavy (non-hydrogen) atoms. The zero-order chi connectivity index (χ0) is 18.8. The van der Waals surface area contributed by atoms with Crippen LogP contribution in [0, 0.1) is 19.8 Å². The second kappa shape index (κ2) is 7.64. The molecule has 142 valence electrons. The van der Waals surface area contributed by atoms with E-state index in [0.29, 0.717) is 12.5 Å². The molecule has 3 aromatic rings. The average molecular weight is 364 g/mol. The molecule has 1 aliphatic heterocycles. The minimum absolute atomic E-state index is 0.683. The largest absolute Gasteiger partial charge is 0.370 e. The highest BCUT2D eigenvalue weighted by atomic mass is 15.1. The number of anilines is 1. The first kappa shape index (κ1) is 17.9. The Morgan fingerprint density at radius 2 is 2.00 bits per heavy atom. The van der Waals surface area contributed by atoms with Crippen LogP contribution in [-0.4, -0.2) is 51.1 Å². The predicted octanol–water partition coefficient (Wildman–Crippen LogP) is 3.25. The van der Waals surface area contributed by atoms with E-state index >= 15 is 0 Å². The van der Waals surface area contributed by atoms with Gasteiger partial charge in [0.25, 0.3) is 0 Å². The van der Waals surface area contributed by atoms with Crippen LogP contribution in [-0.2, 0) is 6.54 Å². The minimum atomic E-state index is 0.683. The molecule has 2 aromatic heterocycles. The number of imidazole rings is 1. The number of hydrogen-bond donors (Lipinski definition) is 1. The number of nitrogens with one attached hydrogen (secondary N) is 1. The highest BCUT2D eigenvalue weighted by molar-refractivity contribution is 5.75. The molecule has 1 aliphatic rings. The molecule has 0 radical (unpaired) electrons. The molecule has 1 aromatic carbocycles. The number of piperidine rings is 1. The van der Waals surface area contributed by atoms with Gasteiger partial charge in [-0.3, -0.25) is 0 Å². The first-order valence-corrected chi connectivity index (χ1v) is 9.77. The van der Waals surface area contributed by atoms with Crippen LogP contribution in [0.15, 0.2) is 30.3 Å². The van der Waals surface area contributed by atoms with Gasteiger partial charge in [-0.25, -0.2) is 15.0 Å². The van der Waals surface area contributed by atoms with Crippen LogP contribution in [0.2, 0.25) is 0 Å². The zero-order valence-corrected chi connectivity index (χ0v) is 16.4. The van der Waals surface area contributed by atoms with Crippen LogP contribution in [0.1, 0.15) is 30.2 Å². The van der Waals surface area contributed by atoms with Gasteiger partial charge in [0.05, 0.1) is 23.3 Å². The first-order valence-electron chi connectivity index (χ1n) is 9.77. The summed E-state index contributed by atoms with van der Waals surface area (Å²) in [4.78, 5) is 16.3. The Morgan fingerprint density at radius 3 is 2.85 bits per heavy atom. The number of likely N-dealkylation sites (tertiary alicyclic amines) is 1. The molecule has 1 atom stereocenters. The Hall–Kier alpha value is -2.47. The van der Waals surface area contributed by atoms with E-state index in [1.165, 1.54) is 19.4 Å². The van der Waals surface area contributed by atoms with E-state index in [0.717, 1.165) is 47.3 Å². The highest BCUT2D eigenvalue weighted by Crippen LogP contribution is 2.19. The fourth-order valence-corrected chi connectivity index (χ4v) is 4.05. The van der Waals surface area contributed by atoms with Crippen molar-refractivity contribution in [2.75, 3.05) is 32.0 Å². The molecular weight excluding hydrogens is 336 g/mol. The molecule has 6 nitrogen and oxygen atoms in total. The number of rotatable bonds is 5. The van der Waals surface area contributed by atoms with Crippen molar-refractivity contribution in [3.05, 3.63) is 47.7 Å². The number of benzene rings is 1. The van der Waals surface area contributed by atoms with Gasteiger partial charge in [-0.05, 0) is 58.3 Å². The average Bonchev–Trinajstić information content (AvgIpc) is 2.95. The number of aryl methyl sites for hydroxylation is 2. The number of fused-ring (bicyclic) bond motifs is 1. The summed E-state index contributed by atoms with van der Waals surface area (Å²) in [5, 5.41) is 3.54. The van der Waals surface area contributed by atoms with Crippen molar-refractivity contribution in [1.29, 1.82) is 0 Å². The topological polar surface area (TPSA) is 58.9 Å². The van der Waals surface area contributed by atoms with Gasteiger partial charge in [-0.2, -0.15) is 0 Å². The second-order valence-electron chi connectivity index (χ2n) is 7.68. The van der Waals surface area contributed by atoms with Crippen molar-refractivity contribution < 1.29 is 0 Å². The summed E-state index contributed by atoms with van der Waals surface area (Å²) in [6, 6.07) is 10.3. The van der Waals surface area contributed by atoms with Gasteiger partial charge in [-0.15, -0.1) is 0 Å². The monoisotopic (exact) mass is 364 g/mol. The molecule has 1 fully saturated rings. The molecule has 6 heteroatoms. The second-order valence-corrected chi connectivity index (χ2v) is 7.68. The van der Waals surface area contributed by atoms with E-state index in [2.05, 4.69) is 61.0 Å². The van der Waals surface area contributed by atoms with Gasteiger partial charge in [-0.1, -0.05) is 12.1 Å². The number of para-hydroxylation sites is 2. The van der Waals surface area contributed by atoms with Crippen LogP contribution in [0.25, 0.3) is 11.0 Å². The van der Waals surface area contributed by atoms with Crippen molar-refractivity contribution in [2.24, 2.45) is 5.92 Å². The van der Waals surface area contributed by atoms with Crippen molar-refractivity contribution in [3.63, 3.8) is 0 Å². The molecule has 0 amide bonds. The maximum absolute atomic E-state index is 4.66. The smallest absolute Gasteiger partial charge is 0.130 e. The maximum Gasteiger partial charge on any atom is 0.130 e. The summed E-state index contributed by atoms with van der Waals surface area (Å²) in [6.45, 7) is 8.05. The molecule has 0 spiro atoms. The number of hydrogen-bond acceptors (Lipinski definition) is 5. The number of aromatic nitrogens is 4. The summed E-state index contributed by atoms with van der Waals surface area (Å²) in [6.07, 6.45) is 2.57. The van der Waals surface area contributed by atoms with Crippen LogP contribution in [0.5, 0.6) is 0 Å².